The van der Waals surface area contributed by atoms with E-state index < -0.39 is 16.6 Å². The predicted octanol–water partition coefficient (Wildman–Crippen LogP) is 19.1. The third-order valence-corrected chi connectivity index (χ3v) is 28.4. The van der Waals surface area contributed by atoms with Crippen LogP contribution in [0.25, 0.3) is 43.8 Å². The zero-order valence-corrected chi connectivity index (χ0v) is 54.4. The van der Waals surface area contributed by atoms with Crippen LogP contribution in [0.15, 0.2) is 158 Å². The normalized spacial score (nSPS) is 11.9. The summed E-state index contributed by atoms with van der Waals surface area (Å²) in [6.45, 7) is 31.0. The molecule has 444 valence electrons. The Labute approximate surface area is 502 Å². The highest BCUT2D eigenvalue weighted by molar-refractivity contribution is 6.78. The lowest BCUT2D eigenvalue weighted by molar-refractivity contribution is -0.132. The van der Waals surface area contributed by atoms with Gasteiger partial charge in [0.25, 0.3) is 16.6 Å². The van der Waals surface area contributed by atoms with Gasteiger partial charge >= 0.3 is 11.9 Å². The number of ether oxygens (including phenoxy) is 6. The number of carbonyl (C=O) groups excluding carboxylic acids is 2. The number of methoxy groups -OCH3 is 2. The van der Waals surface area contributed by atoms with Crippen LogP contribution < -0.4 is 27.8 Å². The van der Waals surface area contributed by atoms with Crippen LogP contribution in [0, 0.1) is 0 Å². The van der Waals surface area contributed by atoms with Gasteiger partial charge in [0.15, 0.2) is 13.6 Å². The van der Waals surface area contributed by atoms with Gasteiger partial charge < -0.3 is 37.3 Å². The molecule has 0 saturated carbocycles. The Balaban J connectivity index is 0.000000241. The molecule has 8 aromatic rings. The zero-order chi connectivity index (χ0) is 60.9. The molecule has 0 aliphatic carbocycles. The van der Waals surface area contributed by atoms with Crippen molar-refractivity contribution < 1.29 is 46.9 Å². The van der Waals surface area contributed by atoms with E-state index in [1.165, 1.54) is 36.1 Å². The van der Waals surface area contributed by atoms with E-state index >= 15 is 0 Å². The topological polar surface area (TPSA) is 108 Å². The van der Waals surface area contributed by atoms with Gasteiger partial charge in [-0.15, -0.1) is 0 Å². The van der Waals surface area contributed by atoms with E-state index in [9.17, 15) is 9.59 Å². The van der Waals surface area contributed by atoms with Crippen molar-refractivity contribution in [3.05, 3.63) is 180 Å². The number of hydrogen-bond acceptors (Lipinski definition) is 10. The van der Waals surface area contributed by atoms with Crippen LogP contribution in [-0.4, -0.2) is 56.4 Å². The average molecular weight is 1170 g/mol. The third kappa shape index (κ3) is 15.4. The van der Waals surface area contributed by atoms with Gasteiger partial charge in [-0.3, -0.25) is 9.59 Å². The molecule has 0 aliphatic rings. The van der Waals surface area contributed by atoms with Crippen molar-refractivity contribution >= 4 is 50.1 Å². The highest BCUT2D eigenvalue weighted by Gasteiger charge is 2.48. The van der Waals surface area contributed by atoms with E-state index in [1.807, 2.05) is 60.7 Å². The molecule has 84 heavy (non-hydrogen) atoms. The molecule has 0 fully saturated rings. The number of esters is 2. The molecule has 0 bridgehead atoms. The van der Waals surface area contributed by atoms with E-state index in [0.29, 0.717) is 44.7 Å². The van der Waals surface area contributed by atoms with Crippen LogP contribution in [0.5, 0.6) is 34.5 Å². The molecule has 0 aromatic heterocycles. The van der Waals surface area contributed by atoms with Gasteiger partial charge in [-0.05, 0) is 185 Å². The zero-order valence-electron chi connectivity index (χ0n) is 52.4. The quantitative estimate of drug-likeness (QED) is 0.0251. The van der Waals surface area contributed by atoms with E-state index in [0.717, 1.165) is 79.6 Å². The predicted molar refractivity (Wildman–Crippen MR) is 348 cm³/mol. The number of fused-ring (bicyclic) bond motifs is 2. The summed E-state index contributed by atoms with van der Waals surface area (Å²) in [7, 11) is -0.839. The number of benzene rings is 8. The molecule has 0 atom stereocenters. The number of hydrogen-bond donors (Lipinski definition) is 0. The summed E-state index contributed by atoms with van der Waals surface area (Å²) in [5.74, 6) is 3.86. The minimum absolute atomic E-state index is 0.202. The summed E-state index contributed by atoms with van der Waals surface area (Å²) in [5.41, 5.74) is 12.3. The summed E-state index contributed by atoms with van der Waals surface area (Å²) in [6.07, 6.45) is 1.49. The van der Waals surface area contributed by atoms with Crippen LogP contribution in [-0.2, 0) is 31.9 Å². The molecule has 0 radical (unpaired) electrons. The van der Waals surface area contributed by atoms with Crippen molar-refractivity contribution in [1.82, 2.24) is 0 Å². The fraction of sp³-hybridized carbons (Fsp3) is 0.361. The highest BCUT2D eigenvalue weighted by Crippen LogP contribution is 2.45. The summed E-state index contributed by atoms with van der Waals surface area (Å²) in [6, 6.07) is 53.6. The largest absolute Gasteiger partial charge is 0.543 e. The molecule has 0 unspecified atom stereocenters. The second-order valence-electron chi connectivity index (χ2n) is 23.8. The Kier molecular flexibility index (Phi) is 22.2. The fourth-order valence-corrected chi connectivity index (χ4v) is 23.2. The molecule has 0 amide bonds. The SMILES string of the molecule is COCOc1ccc(-c2ccc3cc(OC(C)=O)ccc3c2Cc2ccc(O[Si](C(C)C)(C(C)C)C(C)C)cc2)cc1.COCOc1ccc2c(Cc3ccc(O[Si](C(C)C)(C(C)C)C(C)C)cc3)c(-c3ccc(OC(C)=O)cc3)ccc2c1. The molecular weight excluding hydrogens is 1080 g/mol. The van der Waals surface area contributed by atoms with Gasteiger partial charge in [0.05, 0.1) is 0 Å². The number of carbonyl (C=O) groups is 2. The first-order chi connectivity index (χ1) is 40.1. The van der Waals surface area contributed by atoms with E-state index in [2.05, 4.69) is 180 Å². The van der Waals surface area contributed by atoms with Crippen LogP contribution in [0.4, 0.5) is 0 Å². The Morgan fingerprint density at radius 3 is 1.06 bits per heavy atom. The van der Waals surface area contributed by atoms with Crippen LogP contribution in [0.2, 0.25) is 33.2 Å². The van der Waals surface area contributed by atoms with Gasteiger partial charge in [-0.1, -0.05) is 168 Å². The summed E-state index contributed by atoms with van der Waals surface area (Å²) in [4.78, 5) is 23.0. The number of rotatable bonds is 24. The van der Waals surface area contributed by atoms with Gasteiger partial charge in [0.2, 0.25) is 0 Å². The molecular formula is C72H88O10Si2. The molecule has 8 aromatic carbocycles. The lowest BCUT2D eigenvalue weighted by atomic mass is 9.90. The van der Waals surface area contributed by atoms with Crippen molar-refractivity contribution in [1.29, 1.82) is 0 Å². The van der Waals surface area contributed by atoms with Crippen molar-refractivity contribution in [3.63, 3.8) is 0 Å². The maximum absolute atomic E-state index is 11.6. The summed E-state index contributed by atoms with van der Waals surface area (Å²) < 4.78 is 45.9. The van der Waals surface area contributed by atoms with E-state index in [-0.39, 0.29) is 25.5 Å². The third-order valence-electron chi connectivity index (χ3n) is 16.4. The van der Waals surface area contributed by atoms with Crippen LogP contribution in [0.1, 0.15) is 119 Å². The first-order valence-corrected chi connectivity index (χ1v) is 33.9. The minimum Gasteiger partial charge on any atom is -0.543 e. The van der Waals surface area contributed by atoms with Crippen LogP contribution in [0.3, 0.4) is 0 Å². The van der Waals surface area contributed by atoms with Crippen molar-refractivity contribution in [2.24, 2.45) is 0 Å². The van der Waals surface area contributed by atoms with Gasteiger partial charge in [-0.2, -0.15) is 0 Å². The second kappa shape index (κ2) is 29.0. The van der Waals surface area contributed by atoms with Crippen molar-refractivity contribution in [2.45, 2.75) is 143 Å². The lowest BCUT2D eigenvalue weighted by Gasteiger charge is -2.42. The summed E-state index contributed by atoms with van der Waals surface area (Å²) in [5, 5.41) is 4.40. The van der Waals surface area contributed by atoms with Gasteiger partial charge in [-0.25, -0.2) is 0 Å². The first-order valence-electron chi connectivity index (χ1n) is 29.6. The van der Waals surface area contributed by atoms with E-state index in [4.69, 9.17) is 37.3 Å². The Morgan fingerprint density at radius 1 is 0.369 bits per heavy atom. The fourth-order valence-electron chi connectivity index (χ4n) is 12.7. The van der Waals surface area contributed by atoms with Crippen molar-refractivity contribution in [2.75, 3.05) is 27.8 Å². The monoisotopic (exact) mass is 1170 g/mol. The van der Waals surface area contributed by atoms with Gasteiger partial charge in [0, 0.05) is 28.1 Å². The summed E-state index contributed by atoms with van der Waals surface area (Å²) >= 11 is 0. The maximum atomic E-state index is 11.6. The minimum atomic E-state index is -2.03. The first kappa shape index (κ1) is 64.3. The molecule has 8 rings (SSSR count). The molecule has 0 saturated heterocycles. The molecule has 0 spiro atoms. The maximum Gasteiger partial charge on any atom is 0.308 e. The average Bonchev–Trinajstić information content (AvgIpc) is 3.37. The highest BCUT2D eigenvalue weighted by atomic mass is 28.4. The molecule has 0 aliphatic heterocycles. The molecule has 12 heteroatoms. The standard InChI is InChI=1S/2C36H44O5Si/c1-24(2)42(25(3)4,26(5)6)41-32-14-9-28(10-15-32)21-36-34(29-11-16-31(17-12-29)40-27(7)37)19-13-30-22-33(39-23-38-8)18-20-35(30)36;1-24(2)42(25(3)4,26(5)6)41-32-14-9-28(10-15-32)21-36-34(29-11-16-31(17-12-29)39-23-38-8)19-13-30-22-33(40-27(7)37)18-20-35(30)36/h2*9-20,22,24-26H,21,23H2,1-8H3. The van der Waals surface area contributed by atoms with Crippen molar-refractivity contribution in [3.8, 4) is 56.8 Å². The van der Waals surface area contributed by atoms with Crippen LogP contribution >= 0.6 is 0 Å². The smallest absolute Gasteiger partial charge is 0.308 e. The molecule has 0 heterocycles. The Morgan fingerprint density at radius 2 is 0.690 bits per heavy atom. The second-order valence-corrected chi connectivity index (χ2v) is 34.5. The Hall–Kier alpha value is -7.23. The van der Waals surface area contributed by atoms with E-state index in [1.54, 1.807) is 14.2 Å². The Bertz CT molecular complexity index is 3400. The van der Waals surface area contributed by atoms with Gasteiger partial charge in [0.1, 0.15) is 34.5 Å². The molecule has 10 nitrogen and oxygen atoms in total. The molecule has 0 N–H and O–H groups in total. The lowest BCUT2D eigenvalue weighted by Crippen LogP contribution is -2.50.